The van der Waals surface area contributed by atoms with Crippen molar-refractivity contribution in [1.29, 1.82) is 0 Å². The first-order chi connectivity index (χ1) is 18.2. The van der Waals surface area contributed by atoms with Gasteiger partial charge in [-0.2, -0.15) is 0 Å². The number of methoxy groups -OCH3 is 1. The maximum Gasteiger partial charge on any atom is 0.341 e. The number of amides is 1. The molecule has 1 unspecified atom stereocenters. The summed E-state index contributed by atoms with van der Waals surface area (Å²) in [6, 6.07) is 11.8. The number of halogens is 1. The number of hydrogen-bond acceptors (Lipinski definition) is 8. The number of hydrogen-bond donors (Lipinski definition) is 1. The molecular weight excluding hydrogens is 527 g/mol. The van der Waals surface area contributed by atoms with E-state index in [1.54, 1.807) is 23.7 Å². The fourth-order valence-corrected chi connectivity index (χ4v) is 5.53. The monoisotopic (exact) mass is 554 g/mol. The highest BCUT2D eigenvalue weighted by molar-refractivity contribution is 7.99. The molecule has 38 heavy (non-hydrogen) atoms. The van der Waals surface area contributed by atoms with Crippen LogP contribution < -0.4 is 10.1 Å². The Morgan fingerprint density at radius 2 is 1.87 bits per heavy atom. The van der Waals surface area contributed by atoms with Crippen molar-refractivity contribution in [3.63, 3.8) is 0 Å². The number of thiophene rings is 1. The van der Waals surface area contributed by atoms with Crippen LogP contribution in [0.25, 0.3) is 11.1 Å². The van der Waals surface area contributed by atoms with Gasteiger partial charge in [-0.3, -0.25) is 4.79 Å². The summed E-state index contributed by atoms with van der Waals surface area (Å²) in [4.78, 5) is 25.5. The molecule has 0 saturated heterocycles. The van der Waals surface area contributed by atoms with Crippen molar-refractivity contribution in [1.82, 2.24) is 14.8 Å². The number of anilines is 1. The zero-order chi connectivity index (χ0) is 27.4. The lowest BCUT2D eigenvalue weighted by atomic mass is 9.97. The van der Waals surface area contributed by atoms with E-state index in [2.05, 4.69) is 15.5 Å². The van der Waals surface area contributed by atoms with Crippen molar-refractivity contribution in [2.24, 2.45) is 7.05 Å². The molecule has 11 heteroatoms. The minimum atomic E-state index is -0.516. The smallest absolute Gasteiger partial charge is 0.341 e. The molecule has 0 aliphatic rings. The van der Waals surface area contributed by atoms with Crippen molar-refractivity contribution >= 4 is 40.0 Å². The summed E-state index contributed by atoms with van der Waals surface area (Å²) in [5, 5.41) is 14.0. The Balaban J connectivity index is 1.45. The third-order valence-corrected chi connectivity index (χ3v) is 7.72. The molecule has 0 saturated carbocycles. The van der Waals surface area contributed by atoms with Gasteiger partial charge < -0.3 is 19.4 Å². The van der Waals surface area contributed by atoms with Gasteiger partial charge in [0.05, 0.1) is 12.9 Å². The van der Waals surface area contributed by atoms with Crippen LogP contribution in [0.4, 0.5) is 9.39 Å². The van der Waals surface area contributed by atoms with Crippen LogP contribution in [0.5, 0.6) is 5.75 Å². The van der Waals surface area contributed by atoms with Crippen molar-refractivity contribution in [3.8, 4) is 16.9 Å². The highest BCUT2D eigenvalue weighted by Gasteiger charge is 2.24. The second-order valence-corrected chi connectivity index (χ2v) is 10.4. The maximum absolute atomic E-state index is 13.2. The van der Waals surface area contributed by atoms with E-state index in [1.807, 2.05) is 44.4 Å². The quantitative estimate of drug-likeness (QED) is 0.202. The van der Waals surface area contributed by atoms with Gasteiger partial charge >= 0.3 is 5.97 Å². The number of rotatable bonds is 9. The molecule has 0 fully saturated rings. The predicted octanol–water partition coefficient (Wildman–Crippen LogP) is 5.96. The molecule has 2 aromatic heterocycles. The van der Waals surface area contributed by atoms with Crippen molar-refractivity contribution in [2.75, 3.05) is 18.2 Å². The Kier molecular flexibility index (Phi) is 8.48. The van der Waals surface area contributed by atoms with Crippen LogP contribution in [0.3, 0.4) is 0 Å². The molecule has 0 aliphatic heterocycles. The molecule has 8 nitrogen and oxygen atoms in total. The number of carbonyl (C=O) groups is 2. The van der Waals surface area contributed by atoms with E-state index in [-0.39, 0.29) is 17.5 Å². The van der Waals surface area contributed by atoms with Gasteiger partial charge in [0.2, 0.25) is 5.91 Å². The van der Waals surface area contributed by atoms with Crippen molar-refractivity contribution < 1.29 is 23.5 Å². The van der Waals surface area contributed by atoms with E-state index in [0.29, 0.717) is 27.3 Å². The number of carbonyl (C=O) groups excluding carboxylic acids is 2. The molecule has 4 aromatic rings. The molecule has 4 rings (SSSR count). The van der Waals surface area contributed by atoms with Crippen LogP contribution in [0.15, 0.2) is 53.0 Å². The summed E-state index contributed by atoms with van der Waals surface area (Å²) in [6.07, 6.45) is -0.446. The Morgan fingerprint density at radius 3 is 2.58 bits per heavy atom. The SMILES string of the molecule is COC(=O)c1c(-c2cc(C)ccc2C)csc1NC(=O)CSc1nnc(C(C)Oc2ccc(F)cc2)n1C. The molecule has 2 aromatic carbocycles. The van der Waals surface area contributed by atoms with Gasteiger partial charge in [-0.1, -0.05) is 35.5 Å². The van der Waals surface area contributed by atoms with Crippen molar-refractivity contribution in [2.45, 2.75) is 32.0 Å². The number of thioether (sulfide) groups is 1. The minimum Gasteiger partial charge on any atom is -0.483 e. The summed E-state index contributed by atoms with van der Waals surface area (Å²) in [6.45, 7) is 5.77. The van der Waals surface area contributed by atoms with E-state index in [9.17, 15) is 14.0 Å². The number of ether oxygens (including phenoxy) is 2. The van der Waals surface area contributed by atoms with Crippen LogP contribution in [-0.4, -0.2) is 39.5 Å². The van der Waals surface area contributed by atoms with E-state index in [4.69, 9.17) is 9.47 Å². The molecule has 0 bridgehead atoms. The van der Waals surface area contributed by atoms with Gasteiger partial charge in [0.15, 0.2) is 17.1 Å². The molecule has 1 N–H and O–H groups in total. The third-order valence-electron chi connectivity index (χ3n) is 5.81. The molecular formula is C27H27FN4O4S2. The lowest BCUT2D eigenvalue weighted by molar-refractivity contribution is -0.113. The fraction of sp³-hybridized carbons (Fsp3) is 0.259. The van der Waals surface area contributed by atoms with Crippen LogP contribution >= 0.6 is 23.1 Å². The summed E-state index contributed by atoms with van der Waals surface area (Å²) < 4.78 is 25.8. The first-order valence-corrected chi connectivity index (χ1v) is 13.6. The summed E-state index contributed by atoms with van der Waals surface area (Å²) in [7, 11) is 3.10. The van der Waals surface area contributed by atoms with Crippen LogP contribution in [0, 0.1) is 19.7 Å². The normalized spacial score (nSPS) is 11.7. The van der Waals surface area contributed by atoms with Crippen LogP contribution in [-0.2, 0) is 16.6 Å². The summed E-state index contributed by atoms with van der Waals surface area (Å²) in [5.41, 5.74) is 4.05. The third kappa shape index (κ3) is 6.05. The Hall–Kier alpha value is -3.70. The predicted molar refractivity (Wildman–Crippen MR) is 146 cm³/mol. The molecule has 1 amide bonds. The average Bonchev–Trinajstić information content (AvgIpc) is 3.48. The van der Waals surface area contributed by atoms with E-state index < -0.39 is 12.1 Å². The van der Waals surface area contributed by atoms with Crippen LogP contribution in [0.1, 0.15) is 40.3 Å². The largest absolute Gasteiger partial charge is 0.483 e. The first-order valence-electron chi connectivity index (χ1n) is 11.7. The molecule has 1 atom stereocenters. The first kappa shape index (κ1) is 27.3. The maximum atomic E-state index is 13.2. The Labute approximate surface area is 228 Å². The van der Waals surface area contributed by atoms with Gasteiger partial charge in [-0.15, -0.1) is 21.5 Å². The zero-order valence-corrected chi connectivity index (χ0v) is 23.2. The molecule has 2 heterocycles. The van der Waals surface area contributed by atoms with Gasteiger partial charge in [-0.05, 0) is 56.2 Å². The lowest BCUT2D eigenvalue weighted by Gasteiger charge is -2.14. The van der Waals surface area contributed by atoms with Gasteiger partial charge in [0.25, 0.3) is 0 Å². The topological polar surface area (TPSA) is 95.3 Å². The lowest BCUT2D eigenvalue weighted by Crippen LogP contribution is -2.16. The fourth-order valence-electron chi connectivity index (χ4n) is 3.85. The number of benzene rings is 2. The molecule has 0 radical (unpaired) electrons. The summed E-state index contributed by atoms with van der Waals surface area (Å²) in [5.74, 6) is -0.0396. The van der Waals surface area contributed by atoms with Crippen molar-refractivity contribution in [3.05, 3.63) is 76.2 Å². The zero-order valence-electron chi connectivity index (χ0n) is 21.6. The highest BCUT2D eigenvalue weighted by Crippen LogP contribution is 2.38. The number of aryl methyl sites for hydroxylation is 2. The Bertz CT molecular complexity index is 1470. The molecule has 0 spiro atoms. The van der Waals surface area contributed by atoms with E-state index in [0.717, 1.165) is 22.3 Å². The molecule has 0 aliphatic carbocycles. The second kappa shape index (κ2) is 11.8. The van der Waals surface area contributed by atoms with Gasteiger partial charge in [-0.25, -0.2) is 9.18 Å². The number of aromatic nitrogens is 3. The number of esters is 1. The van der Waals surface area contributed by atoms with Crippen LogP contribution in [0.2, 0.25) is 0 Å². The number of nitrogens with zero attached hydrogens (tertiary/aromatic N) is 3. The van der Waals surface area contributed by atoms with Gasteiger partial charge in [0.1, 0.15) is 22.1 Å². The van der Waals surface area contributed by atoms with Gasteiger partial charge in [0, 0.05) is 18.0 Å². The standard InChI is InChI=1S/C27H27FN4O4S2/c1-15-6-7-16(2)20(12-15)21-13-37-25(23(21)26(34)35-5)29-22(33)14-38-27-31-30-24(32(27)4)17(3)36-19-10-8-18(28)9-11-19/h6-13,17H,14H2,1-5H3,(H,29,33). The summed E-state index contributed by atoms with van der Waals surface area (Å²) >= 11 is 2.49. The minimum absolute atomic E-state index is 0.0521. The molecule has 198 valence electrons. The Morgan fingerprint density at radius 1 is 1.13 bits per heavy atom. The highest BCUT2D eigenvalue weighted by atomic mass is 32.2. The second-order valence-electron chi connectivity index (χ2n) is 8.61. The number of nitrogens with one attached hydrogen (secondary N) is 1. The van der Waals surface area contributed by atoms with E-state index >= 15 is 0 Å². The average molecular weight is 555 g/mol. The van der Waals surface area contributed by atoms with E-state index in [1.165, 1.54) is 42.3 Å².